The van der Waals surface area contributed by atoms with Gasteiger partial charge in [-0.3, -0.25) is 9.59 Å². The summed E-state index contributed by atoms with van der Waals surface area (Å²) >= 11 is 0. The molecule has 0 radical (unpaired) electrons. The van der Waals surface area contributed by atoms with Gasteiger partial charge in [0.1, 0.15) is 5.75 Å². The van der Waals surface area contributed by atoms with Crippen molar-refractivity contribution < 1.29 is 24.2 Å². The van der Waals surface area contributed by atoms with Gasteiger partial charge in [-0.25, -0.2) is 0 Å². The van der Waals surface area contributed by atoms with E-state index in [0.29, 0.717) is 25.2 Å². The summed E-state index contributed by atoms with van der Waals surface area (Å²) in [6.45, 7) is 3.12. The van der Waals surface area contributed by atoms with E-state index in [1.54, 1.807) is 12.1 Å². The fraction of sp³-hybridized carbons (Fsp3) is 0.333. The molecule has 1 unspecified atom stereocenters. The van der Waals surface area contributed by atoms with Crippen LogP contribution in [0.3, 0.4) is 0 Å². The van der Waals surface area contributed by atoms with Crippen LogP contribution in [0.15, 0.2) is 48.5 Å². The second-order valence-electron chi connectivity index (χ2n) is 6.62. The van der Waals surface area contributed by atoms with Gasteiger partial charge >= 0.3 is 5.97 Å². The van der Waals surface area contributed by atoms with Crippen molar-refractivity contribution in [3.8, 4) is 16.9 Å². The average Bonchev–Trinajstić information content (AvgIpc) is 3.09. The number of hydrogen-bond acceptors (Lipinski definition) is 4. The number of amides is 1. The van der Waals surface area contributed by atoms with Crippen LogP contribution in [0.1, 0.15) is 30.1 Å². The summed E-state index contributed by atoms with van der Waals surface area (Å²) in [6.07, 6.45) is 0.323. The summed E-state index contributed by atoms with van der Waals surface area (Å²) in [5.41, 5.74) is 1.37. The summed E-state index contributed by atoms with van der Waals surface area (Å²) in [7, 11) is 0. The molecule has 0 spiro atoms. The number of benzene rings is 2. The zero-order valence-electron chi connectivity index (χ0n) is 15.2. The van der Waals surface area contributed by atoms with Crippen LogP contribution in [0, 0.1) is 0 Å². The second-order valence-corrected chi connectivity index (χ2v) is 6.62. The van der Waals surface area contributed by atoms with Crippen molar-refractivity contribution in [1.82, 2.24) is 5.32 Å². The van der Waals surface area contributed by atoms with Crippen LogP contribution < -0.4 is 10.1 Å². The fourth-order valence-corrected chi connectivity index (χ4v) is 3.31. The Bertz CT molecular complexity index is 827. The van der Waals surface area contributed by atoms with Gasteiger partial charge in [-0.05, 0) is 37.1 Å². The van der Waals surface area contributed by atoms with Gasteiger partial charge in [-0.2, -0.15) is 0 Å². The topological polar surface area (TPSA) is 84.9 Å². The summed E-state index contributed by atoms with van der Waals surface area (Å²) < 4.78 is 11.0. The number of nitrogens with one attached hydrogen (secondary N) is 1. The third-order valence-electron chi connectivity index (χ3n) is 4.59. The molecular weight excluding hydrogens is 346 g/mol. The minimum absolute atomic E-state index is 0.161. The highest BCUT2D eigenvalue weighted by Gasteiger charge is 2.38. The van der Waals surface area contributed by atoms with Crippen LogP contribution in [0.2, 0.25) is 0 Å². The lowest BCUT2D eigenvalue weighted by molar-refractivity contribution is -0.138. The van der Waals surface area contributed by atoms with Crippen molar-refractivity contribution in [2.75, 3.05) is 19.8 Å². The maximum absolute atomic E-state index is 12.8. The van der Waals surface area contributed by atoms with Crippen LogP contribution in [0.25, 0.3) is 11.1 Å². The van der Waals surface area contributed by atoms with Crippen molar-refractivity contribution in [3.05, 3.63) is 54.1 Å². The van der Waals surface area contributed by atoms with E-state index in [9.17, 15) is 14.7 Å². The number of hydrogen-bond donors (Lipinski definition) is 2. The lowest BCUT2D eigenvalue weighted by atomic mass is 9.93. The number of carboxylic acids is 1. The lowest BCUT2D eigenvalue weighted by Crippen LogP contribution is -2.50. The Kier molecular flexibility index (Phi) is 5.76. The SMILES string of the molecule is CCOc1ccccc1-c1cccc(C(=O)NC2(CC(=O)O)CCOC2)c1. The van der Waals surface area contributed by atoms with Gasteiger partial charge in [0.25, 0.3) is 5.91 Å². The Hall–Kier alpha value is -2.86. The van der Waals surface area contributed by atoms with Crippen molar-refractivity contribution in [3.63, 3.8) is 0 Å². The van der Waals surface area contributed by atoms with Crippen molar-refractivity contribution in [2.24, 2.45) is 0 Å². The number of ether oxygens (including phenoxy) is 2. The van der Waals surface area contributed by atoms with Crippen LogP contribution in [-0.2, 0) is 9.53 Å². The Labute approximate surface area is 158 Å². The van der Waals surface area contributed by atoms with Gasteiger partial charge in [-0.1, -0.05) is 30.3 Å². The highest BCUT2D eigenvalue weighted by atomic mass is 16.5. The minimum atomic E-state index is -0.958. The molecule has 1 aliphatic rings. The number of rotatable bonds is 7. The Morgan fingerprint density at radius 3 is 2.74 bits per heavy atom. The zero-order chi connectivity index (χ0) is 19.3. The number of carboxylic acid groups (broad SMARTS) is 1. The third-order valence-corrected chi connectivity index (χ3v) is 4.59. The highest BCUT2D eigenvalue weighted by Crippen LogP contribution is 2.30. The first kappa shape index (κ1) is 18.9. The predicted molar refractivity (Wildman–Crippen MR) is 101 cm³/mol. The van der Waals surface area contributed by atoms with Crippen molar-refractivity contribution in [2.45, 2.75) is 25.3 Å². The standard InChI is InChI=1S/C21H23NO5/c1-2-27-18-9-4-3-8-17(18)15-6-5-7-16(12-15)20(25)22-21(13-19(23)24)10-11-26-14-21/h3-9,12H,2,10-11,13-14H2,1H3,(H,22,25)(H,23,24). The summed E-state index contributed by atoms with van der Waals surface area (Å²) in [4.78, 5) is 24.0. The molecule has 3 rings (SSSR count). The molecule has 0 aliphatic carbocycles. The van der Waals surface area contributed by atoms with Gasteiger partial charge < -0.3 is 19.9 Å². The summed E-state index contributed by atoms with van der Waals surface area (Å²) in [5.74, 6) is -0.512. The molecule has 6 heteroatoms. The maximum Gasteiger partial charge on any atom is 0.305 e. The molecular formula is C21H23NO5. The number of para-hydroxylation sites is 1. The van der Waals surface area contributed by atoms with Crippen LogP contribution >= 0.6 is 0 Å². The quantitative estimate of drug-likeness (QED) is 0.783. The van der Waals surface area contributed by atoms with Gasteiger partial charge in [0.05, 0.1) is 25.2 Å². The van der Waals surface area contributed by atoms with E-state index in [4.69, 9.17) is 9.47 Å². The molecule has 1 amide bonds. The van der Waals surface area contributed by atoms with E-state index in [1.165, 1.54) is 0 Å². The third kappa shape index (κ3) is 4.46. The Morgan fingerprint density at radius 2 is 2.04 bits per heavy atom. The first-order valence-electron chi connectivity index (χ1n) is 8.97. The van der Waals surface area contributed by atoms with Gasteiger partial charge in [0.2, 0.25) is 0 Å². The summed E-state index contributed by atoms with van der Waals surface area (Å²) in [6, 6.07) is 14.9. The molecule has 0 saturated carbocycles. The molecule has 0 aromatic heterocycles. The van der Waals surface area contributed by atoms with Crippen LogP contribution in [0.4, 0.5) is 0 Å². The van der Waals surface area contributed by atoms with E-state index < -0.39 is 11.5 Å². The Morgan fingerprint density at radius 1 is 1.22 bits per heavy atom. The van der Waals surface area contributed by atoms with E-state index in [2.05, 4.69) is 5.32 Å². The largest absolute Gasteiger partial charge is 0.493 e. The van der Waals surface area contributed by atoms with E-state index in [0.717, 1.165) is 16.9 Å². The van der Waals surface area contributed by atoms with E-state index >= 15 is 0 Å². The van der Waals surface area contributed by atoms with Gasteiger partial charge in [-0.15, -0.1) is 0 Å². The lowest BCUT2D eigenvalue weighted by Gasteiger charge is -2.27. The van der Waals surface area contributed by atoms with Crippen molar-refractivity contribution >= 4 is 11.9 Å². The molecule has 6 nitrogen and oxygen atoms in total. The molecule has 0 bridgehead atoms. The van der Waals surface area contributed by atoms with E-state index in [1.807, 2.05) is 43.3 Å². The normalized spacial score (nSPS) is 18.9. The van der Waals surface area contributed by atoms with E-state index in [-0.39, 0.29) is 18.9 Å². The molecule has 27 heavy (non-hydrogen) atoms. The highest BCUT2D eigenvalue weighted by molar-refractivity contribution is 5.96. The molecule has 1 atom stereocenters. The monoisotopic (exact) mass is 369 g/mol. The minimum Gasteiger partial charge on any atom is -0.493 e. The zero-order valence-corrected chi connectivity index (χ0v) is 15.2. The van der Waals surface area contributed by atoms with Crippen LogP contribution in [-0.4, -0.2) is 42.3 Å². The second kappa shape index (κ2) is 8.22. The first-order chi connectivity index (χ1) is 13.0. The van der Waals surface area contributed by atoms with Gasteiger partial charge in [0.15, 0.2) is 0 Å². The fourth-order valence-electron chi connectivity index (χ4n) is 3.31. The summed E-state index contributed by atoms with van der Waals surface area (Å²) in [5, 5.41) is 12.1. The first-order valence-corrected chi connectivity index (χ1v) is 8.97. The predicted octanol–water partition coefficient (Wildman–Crippen LogP) is 3.12. The smallest absolute Gasteiger partial charge is 0.305 e. The van der Waals surface area contributed by atoms with Crippen LogP contribution in [0.5, 0.6) is 5.75 Å². The molecule has 1 saturated heterocycles. The maximum atomic E-state index is 12.8. The molecule has 1 aliphatic heterocycles. The molecule has 2 N–H and O–H groups in total. The van der Waals surface area contributed by atoms with Crippen molar-refractivity contribution in [1.29, 1.82) is 0 Å². The Balaban J connectivity index is 1.85. The molecule has 2 aromatic rings. The molecule has 1 fully saturated rings. The number of carbonyl (C=O) groups is 2. The number of aliphatic carboxylic acids is 1. The number of carbonyl (C=O) groups excluding carboxylic acids is 1. The average molecular weight is 369 g/mol. The van der Waals surface area contributed by atoms with Gasteiger partial charge in [0, 0.05) is 17.7 Å². The molecule has 1 heterocycles. The molecule has 2 aromatic carbocycles. The molecule has 142 valence electrons.